The number of rotatable bonds is 9. The van der Waals surface area contributed by atoms with Crippen molar-refractivity contribution in [3.8, 4) is 0 Å². The Morgan fingerprint density at radius 1 is 1.19 bits per heavy atom. The summed E-state index contributed by atoms with van der Waals surface area (Å²) >= 11 is 1.96. The van der Waals surface area contributed by atoms with Crippen LogP contribution in [0, 0.1) is 0 Å². The zero-order chi connectivity index (χ0) is 14.5. The molecule has 1 aliphatic carbocycles. The second kappa shape index (κ2) is 7.39. The number of hydrogen-bond donors (Lipinski definition) is 2. The quantitative estimate of drug-likeness (QED) is 0.682. The van der Waals surface area contributed by atoms with Gasteiger partial charge >= 0.3 is 0 Å². The Morgan fingerprint density at radius 3 is 2.86 bits per heavy atom. The van der Waals surface area contributed by atoms with Gasteiger partial charge in [-0.2, -0.15) is 0 Å². The molecule has 3 heteroatoms. The van der Waals surface area contributed by atoms with Gasteiger partial charge in [0.05, 0.1) is 0 Å². The minimum absolute atomic E-state index is 0.844. The number of fused-ring (bicyclic) bond motifs is 1. The molecule has 2 aromatic rings. The van der Waals surface area contributed by atoms with Crippen molar-refractivity contribution in [2.45, 2.75) is 51.6 Å². The highest BCUT2D eigenvalue weighted by atomic mass is 32.1. The molecule has 1 aromatic heterocycles. The molecule has 0 radical (unpaired) electrons. The van der Waals surface area contributed by atoms with Gasteiger partial charge in [0.1, 0.15) is 0 Å². The van der Waals surface area contributed by atoms with Gasteiger partial charge in [0.2, 0.25) is 0 Å². The molecule has 0 aliphatic heterocycles. The van der Waals surface area contributed by atoms with Crippen molar-refractivity contribution in [2.75, 3.05) is 13.1 Å². The lowest BCUT2D eigenvalue weighted by molar-refractivity contribution is 0.619. The molecule has 21 heavy (non-hydrogen) atoms. The fraction of sp³-hybridized carbons (Fsp3) is 0.556. The van der Waals surface area contributed by atoms with Gasteiger partial charge in [0, 0.05) is 22.2 Å². The first-order valence-corrected chi connectivity index (χ1v) is 9.13. The van der Waals surface area contributed by atoms with Crippen LogP contribution in [0.15, 0.2) is 24.3 Å². The van der Waals surface area contributed by atoms with E-state index in [1.165, 1.54) is 53.6 Å². The zero-order valence-corrected chi connectivity index (χ0v) is 13.8. The summed E-state index contributed by atoms with van der Waals surface area (Å²) in [5, 5.41) is 8.58. The smallest absolute Gasteiger partial charge is 0.0349 e. The lowest BCUT2D eigenvalue weighted by Crippen LogP contribution is -2.17. The first-order chi connectivity index (χ1) is 10.4. The Kier molecular flexibility index (Phi) is 5.28. The third-order valence-corrected chi connectivity index (χ3v) is 5.39. The zero-order valence-electron chi connectivity index (χ0n) is 13.0. The molecule has 1 heterocycles. The van der Waals surface area contributed by atoms with Crippen LogP contribution in [0.1, 0.15) is 43.0 Å². The van der Waals surface area contributed by atoms with Crippen LogP contribution >= 0.6 is 11.3 Å². The van der Waals surface area contributed by atoms with Gasteiger partial charge < -0.3 is 10.6 Å². The standard InChI is InChI=1S/C18H26N2S/c1-2-19-13-18-16(8-5-6-12-20-14-10-11-14)15-7-3-4-9-17(15)21-18/h3-4,7,9,14,19-20H,2,5-6,8,10-13H2,1H3. The van der Waals surface area contributed by atoms with E-state index in [-0.39, 0.29) is 0 Å². The number of benzene rings is 1. The first-order valence-electron chi connectivity index (χ1n) is 8.32. The van der Waals surface area contributed by atoms with Gasteiger partial charge in [0.25, 0.3) is 0 Å². The predicted molar refractivity (Wildman–Crippen MR) is 93.2 cm³/mol. The Hall–Kier alpha value is -0.900. The van der Waals surface area contributed by atoms with Crippen LogP contribution in [-0.4, -0.2) is 19.1 Å². The second-order valence-electron chi connectivity index (χ2n) is 5.97. The molecule has 1 fully saturated rings. The van der Waals surface area contributed by atoms with E-state index in [4.69, 9.17) is 0 Å². The lowest BCUT2D eigenvalue weighted by atomic mass is 10.0. The van der Waals surface area contributed by atoms with Crippen molar-refractivity contribution in [3.05, 3.63) is 34.7 Å². The van der Waals surface area contributed by atoms with Crippen LogP contribution in [0.2, 0.25) is 0 Å². The summed E-state index contributed by atoms with van der Waals surface area (Å²) in [6.07, 6.45) is 6.59. The van der Waals surface area contributed by atoms with Crippen LogP contribution in [0.5, 0.6) is 0 Å². The maximum Gasteiger partial charge on any atom is 0.0349 e. The average molecular weight is 302 g/mol. The van der Waals surface area contributed by atoms with Crippen molar-refractivity contribution in [2.24, 2.45) is 0 Å². The van der Waals surface area contributed by atoms with Crippen LogP contribution in [0.3, 0.4) is 0 Å². The number of hydrogen-bond acceptors (Lipinski definition) is 3. The van der Waals surface area contributed by atoms with E-state index in [0.29, 0.717) is 0 Å². The topological polar surface area (TPSA) is 24.1 Å². The van der Waals surface area contributed by atoms with Gasteiger partial charge in [-0.1, -0.05) is 25.1 Å². The van der Waals surface area contributed by atoms with Gasteiger partial charge in [-0.3, -0.25) is 0 Å². The van der Waals surface area contributed by atoms with Crippen molar-refractivity contribution >= 4 is 21.4 Å². The molecule has 2 nitrogen and oxygen atoms in total. The maximum atomic E-state index is 3.61. The van der Waals surface area contributed by atoms with Crippen molar-refractivity contribution in [3.63, 3.8) is 0 Å². The van der Waals surface area contributed by atoms with Crippen LogP contribution in [0.4, 0.5) is 0 Å². The Bertz CT molecular complexity index is 572. The van der Waals surface area contributed by atoms with E-state index in [9.17, 15) is 0 Å². The average Bonchev–Trinajstić information content (AvgIpc) is 3.26. The van der Waals surface area contributed by atoms with E-state index in [0.717, 1.165) is 19.1 Å². The van der Waals surface area contributed by atoms with Crippen molar-refractivity contribution in [1.82, 2.24) is 10.6 Å². The lowest BCUT2D eigenvalue weighted by Gasteiger charge is -2.06. The summed E-state index contributed by atoms with van der Waals surface area (Å²) in [5.41, 5.74) is 1.59. The molecule has 3 rings (SSSR count). The Balaban J connectivity index is 1.62. The highest BCUT2D eigenvalue weighted by molar-refractivity contribution is 7.19. The first kappa shape index (κ1) is 15.0. The Labute approximate surface area is 131 Å². The molecule has 0 spiro atoms. The summed E-state index contributed by atoms with van der Waals surface area (Å²) in [6.45, 7) is 5.43. The van der Waals surface area contributed by atoms with Crippen LogP contribution < -0.4 is 10.6 Å². The number of nitrogens with one attached hydrogen (secondary N) is 2. The fourth-order valence-corrected chi connectivity index (χ4v) is 4.05. The fourth-order valence-electron chi connectivity index (χ4n) is 2.83. The molecule has 0 saturated heterocycles. The van der Waals surface area contributed by atoms with Gasteiger partial charge in [-0.05, 0) is 62.2 Å². The highest BCUT2D eigenvalue weighted by Crippen LogP contribution is 2.32. The molecule has 1 saturated carbocycles. The summed E-state index contributed by atoms with van der Waals surface area (Å²) in [5.74, 6) is 0. The number of unbranched alkanes of at least 4 members (excludes halogenated alkanes) is 1. The largest absolute Gasteiger partial charge is 0.314 e. The summed E-state index contributed by atoms with van der Waals surface area (Å²) in [7, 11) is 0. The SMILES string of the molecule is CCNCc1sc2ccccc2c1CCCCNC1CC1. The van der Waals surface area contributed by atoms with Crippen molar-refractivity contribution < 1.29 is 0 Å². The van der Waals surface area contributed by atoms with Gasteiger partial charge in [0.15, 0.2) is 0 Å². The molecule has 0 unspecified atom stereocenters. The molecule has 1 aliphatic rings. The maximum absolute atomic E-state index is 3.61. The monoisotopic (exact) mass is 302 g/mol. The molecule has 2 N–H and O–H groups in total. The molecular formula is C18H26N2S. The van der Waals surface area contributed by atoms with E-state index in [1.54, 1.807) is 5.56 Å². The molecule has 114 valence electrons. The van der Waals surface area contributed by atoms with E-state index in [1.807, 2.05) is 11.3 Å². The van der Waals surface area contributed by atoms with Crippen LogP contribution in [0.25, 0.3) is 10.1 Å². The third-order valence-electron chi connectivity index (χ3n) is 4.18. The number of aryl methyl sites for hydroxylation is 1. The predicted octanol–water partition coefficient (Wildman–Crippen LogP) is 4.09. The van der Waals surface area contributed by atoms with E-state index in [2.05, 4.69) is 41.8 Å². The summed E-state index contributed by atoms with van der Waals surface area (Å²) in [4.78, 5) is 1.54. The summed E-state index contributed by atoms with van der Waals surface area (Å²) < 4.78 is 1.44. The second-order valence-corrected chi connectivity index (χ2v) is 7.10. The summed E-state index contributed by atoms with van der Waals surface area (Å²) in [6, 6.07) is 9.71. The van der Waals surface area contributed by atoms with Crippen LogP contribution in [-0.2, 0) is 13.0 Å². The normalized spacial score (nSPS) is 14.9. The molecule has 0 atom stereocenters. The van der Waals surface area contributed by atoms with E-state index < -0.39 is 0 Å². The Morgan fingerprint density at radius 2 is 2.05 bits per heavy atom. The molecule has 0 amide bonds. The van der Waals surface area contributed by atoms with E-state index >= 15 is 0 Å². The van der Waals surface area contributed by atoms with Gasteiger partial charge in [-0.15, -0.1) is 11.3 Å². The molecule has 1 aromatic carbocycles. The molecule has 0 bridgehead atoms. The minimum Gasteiger partial charge on any atom is -0.314 e. The van der Waals surface area contributed by atoms with Gasteiger partial charge in [-0.25, -0.2) is 0 Å². The molecular weight excluding hydrogens is 276 g/mol. The third kappa shape index (κ3) is 4.06. The van der Waals surface area contributed by atoms with Crippen molar-refractivity contribution in [1.29, 1.82) is 0 Å². The highest BCUT2D eigenvalue weighted by Gasteiger charge is 2.19. The minimum atomic E-state index is 0.844. The number of thiophene rings is 1.